The summed E-state index contributed by atoms with van der Waals surface area (Å²) >= 11 is 0. The third kappa shape index (κ3) is 3.65. The number of imidazole rings is 1. The Morgan fingerprint density at radius 1 is 1.03 bits per heavy atom. The van der Waals surface area contributed by atoms with Gasteiger partial charge < -0.3 is 5.32 Å². The maximum atomic E-state index is 13.8. The Labute approximate surface area is 177 Å². The molecule has 0 unspecified atom stereocenters. The van der Waals surface area contributed by atoms with Crippen molar-refractivity contribution in [2.75, 3.05) is 5.32 Å². The average Bonchev–Trinajstić information content (AvgIpc) is 3.15. The Morgan fingerprint density at radius 2 is 1.78 bits per heavy atom. The molecule has 4 rings (SSSR count). The van der Waals surface area contributed by atoms with Gasteiger partial charge >= 0.3 is 6.18 Å². The number of carbonyl (C=O) groups excluding carboxylic acids is 1. The first-order valence-corrected chi connectivity index (χ1v) is 9.05. The molecule has 1 aromatic heterocycles. The van der Waals surface area contributed by atoms with Gasteiger partial charge in [-0.05, 0) is 42.5 Å². The van der Waals surface area contributed by atoms with E-state index in [0.29, 0.717) is 0 Å². The van der Waals surface area contributed by atoms with Gasteiger partial charge in [0.25, 0.3) is 5.91 Å². The molecular weight excluding hydrogens is 431 g/mol. The summed E-state index contributed by atoms with van der Waals surface area (Å²) in [6.07, 6.45) is -4.80. The minimum absolute atomic E-state index is 0.0111. The molecule has 0 saturated heterocycles. The van der Waals surface area contributed by atoms with Gasteiger partial charge in [0.05, 0.1) is 27.8 Å². The van der Waals surface area contributed by atoms with Gasteiger partial charge in [-0.15, -0.1) is 0 Å². The van der Waals surface area contributed by atoms with Crippen molar-refractivity contribution >= 4 is 22.6 Å². The van der Waals surface area contributed by atoms with Crippen molar-refractivity contribution in [3.05, 3.63) is 89.2 Å². The molecule has 0 bridgehead atoms. The first kappa shape index (κ1) is 21.0. The lowest BCUT2D eigenvalue weighted by molar-refractivity contribution is -0.145. The van der Waals surface area contributed by atoms with E-state index in [2.05, 4.69) is 10.3 Å². The Hall–Kier alpha value is -4.26. The van der Waals surface area contributed by atoms with Crippen LogP contribution in [-0.4, -0.2) is 15.5 Å². The van der Waals surface area contributed by atoms with Crippen molar-refractivity contribution in [1.82, 2.24) is 9.55 Å². The van der Waals surface area contributed by atoms with Gasteiger partial charge in [-0.1, -0.05) is 18.2 Å². The second kappa shape index (κ2) is 7.77. The zero-order valence-corrected chi connectivity index (χ0v) is 15.9. The number of para-hydroxylation sites is 2. The minimum atomic E-state index is -4.80. The summed E-state index contributed by atoms with van der Waals surface area (Å²) in [5.41, 5.74) is -0.637. The number of nitriles is 1. The van der Waals surface area contributed by atoms with Crippen molar-refractivity contribution in [3.8, 4) is 11.8 Å². The van der Waals surface area contributed by atoms with Crippen LogP contribution in [0.25, 0.3) is 16.7 Å². The molecule has 0 aliphatic heterocycles. The summed E-state index contributed by atoms with van der Waals surface area (Å²) in [4.78, 5) is 15.9. The number of amides is 1. The fourth-order valence-corrected chi connectivity index (χ4v) is 3.24. The summed E-state index contributed by atoms with van der Waals surface area (Å²) in [5, 5.41) is 11.9. The van der Waals surface area contributed by atoms with Crippen molar-refractivity contribution in [2.45, 2.75) is 6.18 Å². The standard InChI is InChI=1S/C22H11F5N4O/c23-15-5-3-4-14(19(15)24)20(32)29-13-8-9-17(12(10-13)11-28)31-18-7-2-1-6-16(18)30-21(31)22(25,26)27/h1-10H,(H,29,32). The number of alkyl halides is 3. The zero-order chi connectivity index (χ0) is 23.0. The molecule has 0 saturated carbocycles. The average molecular weight is 442 g/mol. The van der Waals surface area contributed by atoms with Gasteiger partial charge in [0, 0.05) is 5.69 Å². The smallest absolute Gasteiger partial charge is 0.322 e. The van der Waals surface area contributed by atoms with E-state index in [1.165, 1.54) is 36.4 Å². The van der Waals surface area contributed by atoms with Crippen LogP contribution in [0.15, 0.2) is 60.7 Å². The summed E-state index contributed by atoms with van der Waals surface area (Å²) in [7, 11) is 0. The van der Waals surface area contributed by atoms with Gasteiger partial charge in [-0.3, -0.25) is 9.36 Å². The third-order valence-electron chi connectivity index (χ3n) is 4.63. The number of hydrogen-bond acceptors (Lipinski definition) is 3. The number of benzene rings is 3. The molecule has 0 aliphatic carbocycles. The van der Waals surface area contributed by atoms with E-state index < -0.39 is 35.1 Å². The van der Waals surface area contributed by atoms with Crippen molar-refractivity contribution in [2.24, 2.45) is 0 Å². The molecule has 4 aromatic rings. The van der Waals surface area contributed by atoms with E-state index in [1.54, 1.807) is 6.07 Å². The fraction of sp³-hybridized carbons (Fsp3) is 0.0455. The van der Waals surface area contributed by atoms with Crippen LogP contribution in [0.3, 0.4) is 0 Å². The zero-order valence-electron chi connectivity index (χ0n) is 15.9. The molecule has 0 spiro atoms. The van der Waals surface area contributed by atoms with Crippen molar-refractivity contribution in [3.63, 3.8) is 0 Å². The molecular formula is C22H11F5N4O. The predicted molar refractivity (Wildman–Crippen MR) is 105 cm³/mol. The van der Waals surface area contributed by atoms with E-state index in [1.807, 2.05) is 0 Å². The lowest BCUT2D eigenvalue weighted by Crippen LogP contribution is -2.16. The SMILES string of the molecule is N#Cc1cc(NC(=O)c2cccc(F)c2F)ccc1-n1c(C(F)(F)F)nc2ccccc21. The number of halogens is 5. The number of hydrogen-bond donors (Lipinski definition) is 1. The lowest BCUT2D eigenvalue weighted by Gasteiger charge is -2.14. The van der Waals surface area contributed by atoms with Gasteiger partial charge in [0.2, 0.25) is 5.82 Å². The fourth-order valence-electron chi connectivity index (χ4n) is 3.24. The normalized spacial score (nSPS) is 11.4. The first-order chi connectivity index (χ1) is 15.2. The topological polar surface area (TPSA) is 70.7 Å². The molecule has 0 fully saturated rings. The van der Waals surface area contributed by atoms with Crippen LogP contribution in [0.2, 0.25) is 0 Å². The number of nitrogens with one attached hydrogen (secondary N) is 1. The van der Waals surface area contributed by atoms with Gasteiger partial charge in [0.15, 0.2) is 11.6 Å². The highest BCUT2D eigenvalue weighted by Crippen LogP contribution is 2.35. The quantitative estimate of drug-likeness (QED) is 0.429. The summed E-state index contributed by atoms with van der Waals surface area (Å²) in [5.74, 6) is -4.75. The molecule has 3 aromatic carbocycles. The van der Waals surface area contributed by atoms with E-state index >= 15 is 0 Å². The Morgan fingerprint density at radius 3 is 2.50 bits per heavy atom. The van der Waals surface area contributed by atoms with Crippen LogP contribution < -0.4 is 5.32 Å². The van der Waals surface area contributed by atoms with Crippen LogP contribution in [0.5, 0.6) is 0 Å². The highest BCUT2D eigenvalue weighted by molar-refractivity contribution is 6.04. The maximum absolute atomic E-state index is 13.8. The highest BCUT2D eigenvalue weighted by Gasteiger charge is 2.38. The first-order valence-electron chi connectivity index (χ1n) is 9.05. The van der Waals surface area contributed by atoms with Gasteiger partial charge in [0.1, 0.15) is 6.07 Å². The van der Waals surface area contributed by atoms with Crippen LogP contribution in [0.4, 0.5) is 27.6 Å². The van der Waals surface area contributed by atoms with E-state index in [9.17, 15) is 32.0 Å². The number of anilines is 1. The largest absolute Gasteiger partial charge is 0.450 e. The van der Waals surface area contributed by atoms with Crippen LogP contribution in [-0.2, 0) is 6.18 Å². The summed E-state index contributed by atoms with van der Waals surface area (Å²) in [6, 6.07) is 14.4. The minimum Gasteiger partial charge on any atom is -0.322 e. The van der Waals surface area contributed by atoms with Crippen molar-refractivity contribution < 1.29 is 26.7 Å². The van der Waals surface area contributed by atoms with E-state index in [0.717, 1.165) is 28.8 Å². The summed E-state index contributed by atoms with van der Waals surface area (Å²) in [6.45, 7) is 0. The molecule has 1 N–H and O–H groups in total. The Balaban J connectivity index is 1.79. The summed E-state index contributed by atoms with van der Waals surface area (Å²) < 4.78 is 68.9. The molecule has 0 radical (unpaired) electrons. The molecule has 1 heterocycles. The maximum Gasteiger partial charge on any atom is 0.450 e. The van der Waals surface area contributed by atoms with E-state index in [4.69, 9.17) is 0 Å². The molecule has 1 amide bonds. The van der Waals surface area contributed by atoms with Crippen LogP contribution >= 0.6 is 0 Å². The number of rotatable bonds is 3. The second-order valence-electron chi connectivity index (χ2n) is 6.66. The molecule has 5 nitrogen and oxygen atoms in total. The molecule has 160 valence electrons. The molecule has 32 heavy (non-hydrogen) atoms. The Bertz CT molecular complexity index is 1400. The monoisotopic (exact) mass is 442 g/mol. The van der Waals surface area contributed by atoms with Crippen molar-refractivity contribution in [1.29, 1.82) is 5.26 Å². The van der Waals surface area contributed by atoms with Crippen LogP contribution in [0.1, 0.15) is 21.7 Å². The number of nitrogens with zero attached hydrogens (tertiary/aromatic N) is 3. The van der Waals surface area contributed by atoms with Crippen LogP contribution in [0, 0.1) is 23.0 Å². The Kier molecular flexibility index (Phi) is 5.10. The van der Waals surface area contributed by atoms with Gasteiger partial charge in [-0.2, -0.15) is 18.4 Å². The molecule has 0 aliphatic rings. The molecule has 10 heteroatoms. The van der Waals surface area contributed by atoms with Gasteiger partial charge in [-0.25, -0.2) is 13.8 Å². The number of fused-ring (bicyclic) bond motifs is 1. The predicted octanol–water partition coefficient (Wildman–Crippen LogP) is 5.45. The number of carbonyl (C=O) groups is 1. The lowest BCUT2D eigenvalue weighted by atomic mass is 10.1. The second-order valence-corrected chi connectivity index (χ2v) is 6.66. The molecule has 0 atom stereocenters. The third-order valence-corrected chi connectivity index (χ3v) is 4.63. The highest BCUT2D eigenvalue weighted by atomic mass is 19.4. The van der Waals surface area contributed by atoms with E-state index in [-0.39, 0.29) is 28.0 Å². The number of aromatic nitrogens is 2.